The van der Waals surface area contributed by atoms with E-state index in [0.29, 0.717) is 21.3 Å². The number of fused-ring (bicyclic) bond motifs is 1. The highest BCUT2D eigenvalue weighted by Gasteiger charge is 2.25. The van der Waals surface area contributed by atoms with Crippen LogP contribution < -0.4 is 0 Å². The molecule has 0 bridgehead atoms. The molecule has 4 rings (SSSR count). The Morgan fingerprint density at radius 2 is 1.75 bits per heavy atom. The van der Waals surface area contributed by atoms with E-state index in [-0.39, 0.29) is 15.6 Å². The normalized spacial score (nSPS) is 12.2. The number of rotatable bonds is 6. The largest absolute Gasteiger partial charge is 0.358 e. The van der Waals surface area contributed by atoms with Crippen molar-refractivity contribution in [3.63, 3.8) is 0 Å². The number of hydrogen-bond donors (Lipinski definition) is 0. The quantitative estimate of drug-likeness (QED) is 0.225. The Morgan fingerprint density at radius 3 is 2.47 bits per heavy atom. The zero-order valence-corrected chi connectivity index (χ0v) is 18.7. The third-order valence-corrected chi connectivity index (χ3v) is 6.84. The molecule has 32 heavy (non-hydrogen) atoms. The van der Waals surface area contributed by atoms with Gasteiger partial charge in [-0.15, -0.1) is 11.3 Å². The monoisotopic (exact) mass is 468 g/mol. The summed E-state index contributed by atoms with van der Waals surface area (Å²) in [5, 5.41) is 3.86. The molecular formula is C23H17FN2O4S2. The van der Waals surface area contributed by atoms with Crippen LogP contribution >= 0.6 is 11.3 Å². The third kappa shape index (κ3) is 4.44. The van der Waals surface area contributed by atoms with Crippen molar-refractivity contribution in [2.24, 2.45) is 5.16 Å². The van der Waals surface area contributed by atoms with E-state index >= 15 is 0 Å². The standard InChI is InChI=1S/C23H17FN2O4S2/c1-14-7-10-17(11-8-14)32(28,29)30-26-21(22(27)18-6-4-3-5-15(18)2)23-25-19-12-9-16(24)13-20(19)31-23/h3-13H,1-2H3/b26-21+. The van der Waals surface area contributed by atoms with Gasteiger partial charge in [0.15, 0.2) is 10.7 Å². The van der Waals surface area contributed by atoms with Crippen molar-refractivity contribution in [3.05, 3.63) is 94.2 Å². The number of carbonyl (C=O) groups excluding carboxylic acids is 1. The highest BCUT2D eigenvalue weighted by Crippen LogP contribution is 2.25. The zero-order valence-electron chi connectivity index (χ0n) is 17.1. The molecule has 0 aliphatic heterocycles. The Bertz CT molecular complexity index is 1460. The maximum absolute atomic E-state index is 13.6. The lowest BCUT2D eigenvalue weighted by atomic mass is 10.0. The third-order valence-electron chi connectivity index (χ3n) is 4.69. The molecule has 3 aromatic carbocycles. The molecule has 0 atom stereocenters. The van der Waals surface area contributed by atoms with Gasteiger partial charge in [-0.05, 0) is 49.7 Å². The van der Waals surface area contributed by atoms with Crippen LogP contribution in [0.3, 0.4) is 0 Å². The summed E-state index contributed by atoms with van der Waals surface area (Å²) in [4.78, 5) is 17.5. The van der Waals surface area contributed by atoms with Crippen molar-refractivity contribution < 1.29 is 21.9 Å². The number of nitrogens with zero attached hydrogens (tertiary/aromatic N) is 2. The summed E-state index contributed by atoms with van der Waals surface area (Å²) in [6, 6.07) is 16.9. The minimum absolute atomic E-state index is 0.0964. The van der Waals surface area contributed by atoms with E-state index in [0.717, 1.165) is 16.9 Å². The highest BCUT2D eigenvalue weighted by atomic mass is 32.2. The summed E-state index contributed by atoms with van der Waals surface area (Å²) in [5.41, 5.74) is 2.06. The first-order chi connectivity index (χ1) is 15.2. The van der Waals surface area contributed by atoms with Crippen molar-refractivity contribution >= 4 is 43.2 Å². The fourth-order valence-corrected chi connectivity index (χ4v) is 4.66. The number of ketones is 1. The van der Waals surface area contributed by atoms with Crippen LogP contribution in [0.5, 0.6) is 0 Å². The molecule has 0 N–H and O–H groups in total. The molecule has 0 unspecified atom stereocenters. The van der Waals surface area contributed by atoms with Gasteiger partial charge in [0.25, 0.3) is 0 Å². The first-order valence-corrected chi connectivity index (χ1v) is 11.7. The predicted octanol–water partition coefficient (Wildman–Crippen LogP) is 5.04. The number of hydrogen-bond acceptors (Lipinski definition) is 7. The van der Waals surface area contributed by atoms with Gasteiger partial charge in [-0.25, -0.2) is 9.37 Å². The van der Waals surface area contributed by atoms with Crippen molar-refractivity contribution in [1.29, 1.82) is 0 Å². The van der Waals surface area contributed by atoms with Gasteiger partial charge in [0.1, 0.15) is 10.7 Å². The topological polar surface area (TPSA) is 85.7 Å². The molecule has 162 valence electrons. The second-order valence-electron chi connectivity index (χ2n) is 7.06. The number of halogens is 1. The van der Waals surface area contributed by atoms with Crippen molar-refractivity contribution in [3.8, 4) is 0 Å². The van der Waals surface area contributed by atoms with E-state index < -0.39 is 21.7 Å². The minimum atomic E-state index is -4.27. The lowest BCUT2D eigenvalue weighted by molar-refractivity contribution is 0.106. The van der Waals surface area contributed by atoms with Crippen molar-refractivity contribution in [1.82, 2.24) is 4.98 Å². The predicted molar refractivity (Wildman–Crippen MR) is 121 cm³/mol. The van der Waals surface area contributed by atoms with Crippen LogP contribution in [0.1, 0.15) is 26.5 Å². The summed E-state index contributed by atoms with van der Waals surface area (Å²) in [6.07, 6.45) is 0. The number of benzene rings is 3. The Labute approximate surface area is 188 Å². The van der Waals surface area contributed by atoms with Gasteiger partial charge in [0.05, 0.1) is 10.2 Å². The SMILES string of the molecule is Cc1ccc(S(=O)(=O)O/N=C(\C(=O)c2ccccc2C)c2nc3ccc(F)cc3s2)cc1. The number of oxime groups is 1. The molecular weight excluding hydrogens is 451 g/mol. The molecule has 0 aliphatic carbocycles. The molecule has 0 spiro atoms. The zero-order chi connectivity index (χ0) is 22.9. The van der Waals surface area contributed by atoms with Crippen molar-refractivity contribution in [2.45, 2.75) is 18.7 Å². The lowest BCUT2D eigenvalue weighted by Crippen LogP contribution is -2.18. The first-order valence-electron chi connectivity index (χ1n) is 9.50. The second-order valence-corrected chi connectivity index (χ2v) is 9.62. The highest BCUT2D eigenvalue weighted by molar-refractivity contribution is 7.86. The first kappa shape index (κ1) is 21.8. The Morgan fingerprint density at radius 1 is 1.03 bits per heavy atom. The molecule has 0 saturated heterocycles. The average Bonchev–Trinajstić information content (AvgIpc) is 3.17. The Balaban J connectivity index is 1.80. The smallest absolute Gasteiger partial charge is 0.287 e. The summed E-state index contributed by atoms with van der Waals surface area (Å²) < 4.78 is 44.2. The second kappa shape index (κ2) is 8.60. The molecule has 9 heteroatoms. The number of aromatic nitrogens is 1. The van der Waals surface area contributed by atoms with Crippen LogP contribution in [0.2, 0.25) is 0 Å². The number of aryl methyl sites for hydroxylation is 2. The van der Waals surface area contributed by atoms with E-state index in [1.807, 2.05) is 6.92 Å². The molecule has 0 amide bonds. The molecule has 4 aromatic rings. The molecule has 0 radical (unpaired) electrons. The van der Waals surface area contributed by atoms with Crippen LogP contribution in [0.4, 0.5) is 4.39 Å². The summed E-state index contributed by atoms with van der Waals surface area (Å²) in [6.45, 7) is 3.58. The molecule has 1 heterocycles. The van der Waals surface area contributed by atoms with Gasteiger partial charge >= 0.3 is 10.1 Å². The number of Topliss-reactive ketones (excluding diaryl/α,β-unsaturated/α-hetero) is 1. The fraction of sp³-hybridized carbons (Fsp3) is 0.0870. The van der Waals surface area contributed by atoms with Gasteiger partial charge in [0, 0.05) is 5.56 Å². The van der Waals surface area contributed by atoms with Gasteiger partial charge in [0.2, 0.25) is 5.78 Å². The Hall–Kier alpha value is -3.43. The summed E-state index contributed by atoms with van der Waals surface area (Å²) in [7, 11) is -4.27. The Kier molecular flexibility index (Phi) is 5.86. The van der Waals surface area contributed by atoms with Gasteiger partial charge in [-0.1, -0.05) is 47.1 Å². The summed E-state index contributed by atoms with van der Waals surface area (Å²) >= 11 is 1.02. The van der Waals surface area contributed by atoms with Crippen molar-refractivity contribution in [2.75, 3.05) is 0 Å². The van der Waals surface area contributed by atoms with E-state index in [9.17, 15) is 17.6 Å². The van der Waals surface area contributed by atoms with Gasteiger partial charge in [-0.2, -0.15) is 8.42 Å². The van der Waals surface area contributed by atoms with Crippen LogP contribution in [0.15, 0.2) is 76.8 Å². The maximum atomic E-state index is 13.6. The number of carbonyl (C=O) groups is 1. The van der Waals surface area contributed by atoms with Crippen LogP contribution in [0, 0.1) is 19.7 Å². The van der Waals surface area contributed by atoms with Gasteiger partial charge < -0.3 is 0 Å². The fourth-order valence-electron chi connectivity index (χ4n) is 2.97. The van der Waals surface area contributed by atoms with E-state index in [4.69, 9.17) is 4.28 Å². The van der Waals surface area contributed by atoms with Crippen LogP contribution in [0.25, 0.3) is 10.2 Å². The number of thiazole rings is 1. The van der Waals surface area contributed by atoms with Crippen LogP contribution in [-0.4, -0.2) is 24.9 Å². The molecule has 0 fully saturated rings. The minimum Gasteiger partial charge on any atom is -0.287 e. The van der Waals surface area contributed by atoms with Crippen LogP contribution in [-0.2, 0) is 14.4 Å². The molecule has 6 nitrogen and oxygen atoms in total. The summed E-state index contributed by atoms with van der Waals surface area (Å²) in [5.74, 6) is -1.00. The molecule has 0 saturated carbocycles. The lowest BCUT2D eigenvalue weighted by Gasteiger charge is -2.07. The van der Waals surface area contributed by atoms with E-state index in [1.165, 1.54) is 30.3 Å². The average molecular weight is 469 g/mol. The maximum Gasteiger partial charge on any atom is 0.358 e. The van der Waals surface area contributed by atoms with E-state index in [2.05, 4.69) is 10.1 Å². The van der Waals surface area contributed by atoms with Gasteiger partial charge in [-0.3, -0.25) is 9.08 Å². The molecule has 1 aromatic heterocycles. The van der Waals surface area contributed by atoms with E-state index in [1.54, 1.807) is 43.3 Å². The molecule has 0 aliphatic rings.